The summed E-state index contributed by atoms with van der Waals surface area (Å²) in [5, 5.41) is 0. The summed E-state index contributed by atoms with van der Waals surface area (Å²) in [4.78, 5) is 29.4. The van der Waals surface area contributed by atoms with Crippen molar-refractivity contribution >= 4 is 11.7 Å². The minimum atomic E-state index is 0.165. The van der Waals surface area contributed by atoms with Gasteiger partial charge in [0.15, 0.2) is 5.78 Å². The lowest BCUT2D eigenvalue weighted by Gasteiger charge is -2.34. The highest BCUT2D eigenvalue weighted by Gasteiger charge is 2.24. The van der Waals surface area contributed by atoms with Gasteiger partial charge in [0, 0.05) is 55.6 Å². The third kappa shape index (κ3) is 5.97. The Balaban J connectivity index is 1.40. The number of ketones is 1. The van der Waals surface area contributed by atoms with Gasteiger partial charge in [-0.15, -0.1) is 0 Å². The van der Waals surface area contributed by atoms with E-state index in [0.717, 1.165) is 35.8 Å². The van der Waals surface area contributed by atoms with Crippen LogP contribution in [0.5, 0.6) is 5.75 Å². The van der Waals surface area contributed by atoms with E-state index >= 15 is 0 Å². The number of aryl methyl sites for hydroxylation is 1. The van der Waals surface area contributed by atoms with Crippen LogP contribution in [0.25, 0.3) is 0 Å². The van der Waals surface area contributed by atoms with Crippen LogP contribution in [0.3, 0.4) is 0 Å². The maximum absolute atomic E-state index is 12.9. The standard InChI is InChI=1S/C25H35N3O3/c1-19(2)28-20(3)17-23(21(28)4)24(29)18-26-12-14-27(15-13-26)25(30)11-8-16-31-22-9-6-5-7-10-22/h5-7,9-10,17,19H,8,11-16,18H2,1-4H3. The molecule has 6 heteroatoms. The number of piperazine rings is 1. The summed E-state index contributed by atoms with van der Waals surface area (Å²) in [6, 6.07) is 12.0. The number of para-hydroxylation sites is 1. The molecule has 1 aromatic heterocycles. The van der Waals surface area contributed by atoms with E-state index in [9.17, 15) is 9.59 Å². The fraction of sp³-hybridized carbons (Fsp3) is 0.520. The van der Waals surface area contributed by atoms with Crippen LogP contribution in [0.4, 0.5) is 0 Å². The normalized spacial score (nSPS) is 14.8. The van der Waals surface area contributed by atoms with Crippen molar-refractivity contribution in [2.75, 3.05) is 39.3 Å². The van der Waals surface area contributed by atoms with Crippen LogP contribution in [-0.4, -0.2) is 65.4 Å². The quantitative estimate of drug-likeness (QED) is 0.452. The van der Waals surface area contributed by atoms with Crippen molar-refractivity contribution in [2.24, 2.45) is 0 Å². The highest BCUT2D eigenvalue weighted by molar-refractivity contribution is 5.99. The molecule has 0 atom stereocenters. The second kappa shape index (κ2) is 10.6. The van der Waals surface area contributed by atoms with E-state index in [-0.39, 0.29) is 11.7 Å². The monoisotopic (exact) mass is 425 g/mol. The first-order chi connectivity index (χ1) is 14.9. The van der Waals surface area contributed by atoms with Crippen LogP contribution < -0.4 is 4.74 Å². The number of carbonyl (C=O) groups is 2. The predicted molar refractivity (Wildman–Crippen MR) is 123 cm³/mol. The number of amides is 1. The number of Topliss-reactive ketones (excluding diaryl/α,β-unsaturated/α-hetero) is 1. The lowest BCUT2D eigenvalue weighted by Crippen LogP contribution is -2.49. The Hall–Kier alpha value is -2.60. The van der Waals surface area contributed by atoms with Gasteiger partial charge in [0.25, 0.3) is 0 Å². The van der Waals surface area contributed by atoms with Crippen molar-refractivity contribution in [1.82, 2.24) is 14.4 Å². The molecular formula is C25H35N3O3. The van der Waals surface area contributed by atoms with E-state index in [1.54, 1.807) is 0 Å². The van der Waals surface area contributed by atoms with Gasteiger partial charge >= 0.3 is 0 Å². The number of hydrogen-bond acceptors (Lipinski definition) is 4. The number of rotatable bonds is 9. The molecule has 0 spiro atoms. The molecule has 1 aliphatic rings. The lowest BCUT2D eigenvalue weighted by atomic mass is 10.1. The van der Waals surface area contributed by atoms with Crippen molar-refractivity contribution in [3.63, 3.8) is 0 Å². The van der Waals surface area contributed by atoms with E-state index in [0.29, 0.717) is 45.1 Å². The summed E-state index contributed by atoms with van der Waals surface area (Å²) < 4.78 is 7.88. The largest absolute Gasteiger partial charge is 0.494 e. The van der Waals surface area contributed by atoms with Crippen LogP contribution in [0, 0.1) is 13.8 Å². The Labute approximate surface area is 185 Å². The predicted octanol–water partition coefficient (Wildman–Crippen LogP) is 3.87. The molecule has 1 aliphatic heterocycles. The van der Waals surface area contributed by atoms with Gasteiger partial charge < -0.3 is 14.2 Å². The third-order valence-electron chi connectivity index (χ3n) is 5.94. The molecule has 0 bridgehead atoms. The molecule has 0 unspecified atom stereocenters. The minimum Gasteiger partial charge on any atom is -0.494 e. The Morgan fingerprint density at radius 2 is 1.71 bits per heavy atom. The molecule has 6 nitrogen and oxygen atoms in total. The number of aromatic nitrogens is 1. The van der Waals surface area contributed by atoms with Crippen molar-refractivity contribution < 1.29 is 14.3 Å². The van der Waals surface area contributed by atoms with Crippen LogP contribution >= 0.6 is 0 Å². The van der Waals surface area contributed by atoms with Gasteiger partial charge in [-0.1, -0.05) is 18.2 Å². The zero-order valence-corrected chi connectivity index (χ0v) is 19.3. The molecule has 31 heavy (non-hydrogen) atoms. The average Bonchev–Trinajstić information content (AvgIpc) is 3.06. The van der Waals surface area contributed by atoms with Gasteiger partial charge in [-0.05, 0) is 52.3 Å². The molecular weight excluding hydrogens is 390 g/mol. The van der Waals surface area contributed by atoms with Crippen LogP contribution in [-0.2, 0) is 4.79 Å². The summed E-state index contributed by atoms with van der Waals surface area (Å²) in [7, 11) is 0. The van der Waals surface area contributed by atoms with E-state index < -0.39 is 0 Å². The first-order valence-corrected chi connectivity index (χ1v) is 11.3. The number of carbonyl (C=O) groups excluding carboxylic acids is 2. The number of nitrogens with zero attached hydrogens (tertiary/aromatic N) is 3. The van der Waals surface area contributed by atoms with Crippen LogP contribution in [0.15, 0.2) is 36.4 Å². The van der Waals surface area contributed by atoms with Crippen molar-refractivity contribution in [2.45, 2.75) is 46.6 Å². The lowest BCUT2D eigenvalue weighted by molar-refractivity contribution is -0.133. The maximum atomic E-state index is 12.9. The first kappa shape index (κ1) is 23.1. The fourth-order valence-corrected chi connectivity index (χ4v) is 4.39. The Morgan fingerprint density at radius 3 is 2.32 bits per heavy atom. The third-order valence-corrected chi connectivity index (χ3v) is 5.94. The Morgan fingerprint density at radius 1 is 1.03 bits per heavy atom. The molecule has 1 amide bonds. The van der Waals surface area contributed by atoms with E-state index in [2.05, 4.69) is 30.2 Å². The second-order valence-corrected chi connectivity index (χ2v) is 8.59. The summed E-state index contributed by atoms with van der Waals surface area (Å²) in [5.41, 5.74) is 3.00. The molecule has 1 fully saturated rings. The average molecular weight is 426 g/mol. The van der Waals surface area contributed by atoms with E-state index in [1.807, 2.05) is 48.2 Å². The minimum absolute atomic E-state index is 0.165. The Kier molecular flexibility index (Phi) is 7.91. The molecule has 0 radical (unpaired) electrons. The number of hydrogen-bond donors (Lipinski definition) is 0. The summed E-state index contributed by atoms with van der Waals surface area (Å²) in [5.74, 6) is 1.17. The first-order valence-electron chi connectivity index (χ1n) is 11.3. The molecule has 168 valence electrons. The highest BCUT2D eigenvalue weighted by Crippen LogP contribution is 2.21. The van der Waals surface area contributed by atoms with Gasteiger partial charge in [0.1, 0.15) is 5.75 Å². The molecule has 2 aromatic rings. The fourth-order valence-electron chi connectivity index (χ4n) is 4.39. The second-order valence-electron chi connectivity index (χ2n) is 8.59. The number of benzene rings is 1. The van der Waals surface area contributed by atoms with Gasteiger partial charge in [-0.2, -0.15) is 0 Å². The van der Waals surface area contributed by atoms with Gasteiger partial charge in [-0.25, -0.2) is 0 Å². The molecule has 0 aliphatic carbocycles. The smallest absolute Gasteiger partial charge is 0.222 e. The van der Waals surface area contributed by atoms with Gasteiger partial charge in [-0.3, -0.25) is 14.5 Å². The SMILES string of the molecule is Cc1cc(C(=O)CN2CCN(C(=O)CCCOc3ccccc3)CC2)c(C)n1C(C)C. The molecule has 0 N–H and O–H groups in total. The van der Waals surface area contributed by atoms with Gasteiger partial charge in [0.05, 0.1) is 13.2 Å². The summed E-state index contributed by atoms with van der Waals surface area (Å²) in [6.45, 7) is 12.1. The van der Waals surface area contributed by atoms with E-state index in [4.69, 9.17) is 4.74 Å². The molecule has 1 saturated heterocycles. The Bertz CT molecular complexity index is 881. The zero-order valence-electron chi connectivity index (χ0n) is 19.3. The van der Waals surface area contributed by atoms with Crippen molar-refractivity contribution in [1.29, 1.82) is 0 Å². The zero-order chi connectivity index (χ0) is 22.4. The number of ether oxygens (including phenoxy) is 1. The maximum Gasteiger partial charge on any atom is 0.222 e. The van der Waals surface area contributed by atoms with Crippen molar-refractivity contribution in [3.8, 4) is 5.75 Å². The molecule has 1 aromatic carbocycles. The summed E-state index contributed by atoms with van der Waals surface area (Å²) >= 11 is 0. The summed E-state index contributed by atoms with van der Waals surface area (Å²) in [6.07, 6.45) is 1.20. The van der Waals surface area contributed by atoms with Crippen LogP contribution in [0.1, 0.15) is 54.5 Å². The van der Waals surface area contributed by atoms with Crippen molar-refractivity contribution in [3.05, 3.63) is 53.3 Å². The molecule has 3 rings (SSSR count). The van der Waals surface area contributed by atoms with Crippen LogP contribution in [0.2, 0.25) is 0 Å². The van der Waals surface area contributed by atoms with Gasteiger partial charge in [0.2, 0.25) is 5.91 Å². The molecule has 0 saturated carbocycles. The molecule has 2 heterocycles. The topological polar surface area (TPSA) is 54.8 Å². The van der Waals surface area contributed by atoms with E-state index in [1.165, 1.54) is 0 Å². The highest BCUT2D eigenvalue weighted by atomic mass is 16.5.